The van der Waals surface area contributed by atoms with Gasteiger partial charge in [-0.05, 0) is 27.9 Å². The minimum absolute atomic E-state index is 0.204. The van der Waals surface area contributed by atoms with E-state index in [9.17, 15) is 8.42 Å². The molecule has 4 nitrogen and oxygen atoms in total. The molecule has 0 saturated carbocycles. The molecule has 20 heavy (non-hydrogen) atoms. The van der Waals surface area contributed by atoms with E-state index in [1.807, 2.05) is 13.8 Å². The Hall–Kier alpha value is 0.270. The van der Waals surface area contributed by atoms with Crippen molar-refractivity contribution in [3.8, 4) is 0 Å². The van der Waals surface area contributed by atoms with Crippen LogP contribution < -0.4 is 5.73 Å². The summed E-state index contributed by atoms with van der Waals surface area (Å²) >= 11 is 15.1. The molecule has 0 amide bonds. The Morgan fingerprint density at radius 1 is 1.60 bits per heavy atom. The first kappa shape index (κ1) is 18.3. The van der Waals surface area contributed by atoms with Crippen molar-refractivity contribution in [2.24, 2.45) is 11.7 Å². The molecule has 0 radical (unpaired) electrons. The first-order chi connectivity index (χ1) is 9.14. The van der Waals surface area contributed by atoms with Crippen molar-refractivity contribution in [1.29, 1.82) is 0 Å². The molecular formula is C11H16BrClN2O2S3. The summed E-state index contributed by atoms with van der Waals surface area (Å²) in [7, 11) is -3.57. The standard InChI is InChI=1S/C11H16BrClN2O2S3/c1-7(2)6-15(4-3-9(14)18)20(16,17)10-5-8(13)11(12)19-10/h5,7H,3-4,6H2,1-2H3,(H2,14,18). The predicted molar refractivity (Wildman–Crippen MR) is 92.0 cm³/mol. The third-order valence-corrected chi connectivity index (χ3v) is 7.39. The van der Waals surface area contributed by atoms with Crippen molar-refractivity contribution < 1.29 is 8.42 Å². The van der Waals surface area contributed by atoms with Crippen molar-refractivity contribution in [2.45, 2.75) is 24.5 Å². The van der Waals surface area contributed by atoms with Crippen molar-refractivity contribution in [1.82, 2.24) is 4.31 Å². The molecule has 0 fully saturated rings. The SMILES string of the molecule is CC(C)CN(CCC(N)=S)S(=O)(=O)c1cc(Cl)c(Br)s1. The second-order valence-corrected chi connectivity index (χ2v) is 10.1. The highest BCUT2D eigenvalue weighted by Crippen LogP contribution is 2.36. The number of nitrogens with zero attached hydrogens (tertiary/aromatic N) is 1. The first-order valence-electron chi connectivity index (χ1n) is 5.88. The lowest BCUT2D eigenvalue weighted by molar-refractivity contribution is 0.375. The molecule has 2 N–H and O–H groups in total. The van der Waals surface area contributed by atoms with Gasteiger partial charge in [-0.3, -0.25) is 0 Å². The molecule has 0 atom stereocenters. The smallest absolute Gasteiger partial charge is 0.252 e. The second-order valence-electron chi connectivity index (χ2n) is 4.66. The number of hydrogen-bond donors (Lipinski definition) is 1. The average Bonchev–Trinajstić information content (AvgIpc) is 2.65. The fraction of sp³-hybridized carbons (Fsp3) is 0.545. The highest BCUT2D eigenvalue weighted by molar-refractivity contribution is 9.11. The third-order valence-electron chi connectivity index (χ3n) is 2.39. The van der Waals surface area contributed by atoms with Crippen molar-refractivity contribution in [2.75, 3.05) is 13.1 Å². The molecule has 114 valence electrons. The van der Waals surface area contributed by atoms with E-state index >= 15 is 0 Å². The van der Waals surface area contributed by atoms with Gasteiger partial charge in [0.2, 0.25) is 0 Å². The fourth-order valence-corrected chi connectivity index (χ4v) is 5.78. The Morgan fingerprint density at radius 2 is 2.20 bits per heavy atom. The Labute approximate surface area is 142 Å². The van der Waals surface area contributed by atoms with E-state index in [-0.39, 0.29) is 16.7 Å². The van der Waals surface area contributed by atoms with E-state index in [0.717, 1.165) is 11.3 Å². The van der Waals surface area contributed by atoms with Gasteiger partial charge in [-0.15, -0.1) is 11.3 Å². The zero-order chi connectivity index (χ0) is 15.5. The summed E-state index contributed by atoms with van der Waals surface area (Å²) in [6, 6.07) is 1.46. The monoisotopic (exact) mass is 418 g/mol. The van der Waals surface area contributed by atoms with E-state index in [0.29, 0.717) is 26.8 Å². The summed E-state index contributed by atoms with van der Waals surface area (Å²) in [6.07, 6.45) is 0.363. The molecule has 0 unspecified atom stereocenters. The predicted octanol–water partition coefficient (Wildman–Crippen LogP) is 3.49. The highest BCUT2D eigenvalue weighted by atomic mass is 79.9. The summed E-state index contributed by atoms with van der Waals surface area (Å²) in [6.45, 7) is 4.61. The van der Waals surface area contributed by atoms with Crippen LogP contribution >= 0.6 is 51.1 Å². The van der Waals surface area contributed by atoms with E-state index in [2.05, 4.69) is 15.9 Å². The van der Waals surface area contributed by atoms with Gasteiger partial charge in [0.05, 0.1) is 13.8 Å². The number of thiocarbonyl (C=S) groups is 1. The third kappa shape index (κ3) is 4.92. The number of nitrogens with two attached hydrogens (primary N) is 1. The summed E-state index contributed by atoms with van der Waals surface area (Å²) in [5.74, 6) is 0.204. The maximum atomic E-state index is 12.6. The molecule has 9 heteroatoms. The molecule has 1 aromatic rings. The van der Waals surface area contributed by atoms with Crippen LogP contribution in [0.5, 0.6) is 0 Å². The van der Waals surface area contributed by atoms with Gasteiger partial charge in [0, 0.05) is 19.5 Å². The Balaban J connectivity index is 3.06. The molecule has 0 bridgehead atoms. The fourth-order valence-electron chi connectivity index (χ4n) is 1.53. The topological polar surface area (TPSA) is 63.4 Å². The summed E-state index contributed by atoms with van der Waals surface area (Å²) < 4.78 is 27.5. The normalized spacial score (nSPS) is 12.3. The Morgan fingerprint density at radius 3 is 2.60 bits per heavy atom. The Bertz CT molecular complexity index is 567. The van der Waals surface area contributed by atoms with Gasteiger partial charge in [0.15, 0.2) is 0 Å². The van der Waals surface area contributed by atoms with E-state index in [4.69, 9.17) is 29.6 Å². The molecule has 0 aliphatic carbocycles. The molecule has 0 aliphatic rings. The number of halogens is 2. The van der Waals surface area contributed by atoms with Crippen LogP contribution in [-0.2, 0) is 10.0 Å². The zero-order valence-electron chi connectivity index (χ0n) is 11.1. The summed E-state index contributed by atoms with van der Waals surface area (Å²) in [5, 5.41) is 0.396. The van der Waals surface area contributed by atoms with Crippen LogP contribution in [0.25, 0.3) is 0 Å². The first-order valence-corrected chi connectivity index (χ1v) is 9.71. The van der Waals surface area contributed by atoms with Crippen LogP contribution in [0.3, 0.4) is 0 Å². The summed E-state index contributed by atoms with van der Waals surface area (Å²) in [5.41, 5.74) is 5.47. The van der Waals surface area contributed by atoms with Gasteiger partial charge < -0.3 is 5.73 Å². The van der Waals surface area contributed by atoms with Crippen molar-refractivity contribution >= 4 is 66.1 Å². The van der Waals surface area contributed by atoms with Gasteiger partial charge in [-0.1, -0.05) is 37.7 Å². The van der Waals surface area contributed by atoms with Crippen LogP contribution in [-0.4, -0.2) is 30.8 Å². The molecule has 0 aromatic carbocycles. The maximum Gasteiger partial charge on any atom is 0.252 e. The summed E-state index contributed by atoms with van der Waals surface area (Å²) in [4.78, 5) is 0.305. The zero-order valence-corrected chi connectivity index (χ0v) is 15.9. The van der Waals surface area contributed by atoms with Gasteiger partial charge in [0.25, 0.3) is 10.0 Å². The van der Waals surface area contributed by atoms with Crippen molar-refractivity contribution in [3.05, 3.63) is 14.9 Å². The van der Waals surface area contributed by atoms with Gasteiger partial charge in [0.1, 0.15) is 4.21 Å². The largest absolute Gasteiger partial charge is 0.393 e. The molecule has 0 saturated heterocycles. The van der Waals surface area contributed by atoms with E-state index in [1.165, 1.54) is 10.4 Å². The lowest BCUT2D eigenvalue weighted by Gasteiger charge is -2.23. The van der Waals surface area contributed by atoms with E-state index < -0.39 is 10.0 Å². The lowest BCUT2D eigenvalue weighted by Crippen LogP contribution is -2.36. The maximum absolute atomic E-state index is 12.6. The molecule has 1 rings (SSSR count). The molecular weight excluding hydrogens is 404 g/mol. The van der Waals surface area contributed by atoms with Crippen LogP contribution in [0.1, 0.15) is 20.3 Å². The number of sulfonamides is 1. The number of hydrogen-bond acceptors (Lipinski definition) is 4. The minimum atomic E-state index is -3.57. The van der Waals surface area contributed by atoms with Crippen LogP contribution in [0.15, 0.2) is 14.1 Å². The van der Waals surface area contributed by atoms with Crippen LogP contribution in [0, 0.1) is 5.92 Å². The average molecular weight is 420 g/mol. The van der Waals surface area contributed by atoms with Gasteiger partial charge in [-0.25, -0.2) is 8.42 Å². The highest BCUT2D eigenvalue weighted by Gasteiger charge is 2.27. The molecule has 1 heterocycles. The second kappa shape index (κ2) is 7.51. The van der Waals surface area contributed by atoms with E-state index in [1.54, 1.807) is 0 Å². The molecule has 1 aromatic heterocycles. The molecule has 0 spiro atoms. The lowest BCUT2D eigenvalue weighted by atomic mass is 10.2. The quantitative estimate of drug-likeness (QED) is 0.687. The van der Waals surface area contributed by atoms with Gasteiger partial charge in [-0.2, -0.15) is 4.31 Å². The number of rotatable bonds is 7. The molecule has 0 aliphatic heterocycles. The van der Waals surface area contributed by atoms with Crippen molar-refractivity contribution in [3.63, 3.8) is 0 Å². The van der Waals surface area contributed by atoms with Crippen LogP contribution in [0.4, 0.5) is 0 Å². The van der Waals surface area contributed by atoms with Gasteiger partial charge >= 0.3 is 0 Å². The van der Waals surface area contributed by atoms with Crippen LogP contribution in [0.2, 0.25) is 5.02 Å². The minimum Gasteiger partial charge on any atom is -0.393 e. The Kier molecular flexibility index (Phi) is 6.88. The number of thiophene rings is 1.